The van der Waals surface area contributed by atoms with Crippen molar-refractivity contribution in [2.24, 2.45) is 7.05 Å². The fourth-order valence-corrected chi connectivity index (χ4v) is 4.11. The first kappa shape index (κ1) is 22.3. The largest absolute Gasteiger partial charge is 0.467 e. The third-order valence-corrected chi connectivity index (χ3v) is 5.94. The number of hydrogen-bond donors (Lipinski definition) is 2. The second kappa shape index (κ2) is 9.72. The van der Waals surface area contributed by atoms with E-state index in [2.05, 4.69) is 15.6 Å². The van der Waals surface area contributed by atoms with Gasteiger partial charge >= 0.3 is 12.0 Å². The lowest BCUT2D eigenvalue weighted by Gasteiger charge is -2.33. The molecule has 1 aromatic heterocycles. The van der Waals surface area contributed by atoms with Gasteiger partial charge in [0.1, 0.15) is 0 Å². The van der Waals surface area contributed by atoms with E-state index in [-0.39, 0.29) is 11.6 Å². The molecule has 1 fully saturated rings. The van der Waals surface area contributed by atoms with E-state index in [9.17, 15) is 14.4 Å². The monoisotopic (exact) mass is 449 g/mol. The van der Waals surface area contributed by atoms with Gasteiger partial charge in [-0.15, -0.1) is 0 Å². The van der Waals surface area contributed by atoms with Crippen molar-refractivity contribution in [2.75, 3.05) is 25.1 Å². The van der Waals surface area contributed by atoms with Crippen molar-refractivity contribution in [3.8, 4) is 0 Å². The third-order valence-electron chi connectivity index (χ3n) is 5.94. The number of carbonyl (C=O) groups excluding carboxylic acids is 2. The standard InChI is InChI=1S/C24H27N5O4/c1-28-19-11-7-6-10-18(19)26-21(22(28)30)29-14-12-17(13-15-29)25-24(32)27-20(23(31)33-2)16-8-4-3-5-9-16/h3-11,17,20H,12-15H2,1-2H3,(H2,25,27,32)/t20-/m1/s1. The van der Waals surface area contributed by atoms with Crippen LogP contribution in [0.2, 0.25) is 0 Å². The molecule has 9 nitrogen and oxygen atoms in total. The number of amides is 2. The second-order valence-corrected chi connectivity index (χ2v) is 8.03. The SMILES string of the molecule is COC(=O)[C@H](NC(=O)NC1CCN(c2nc3ccccc3n(C)c2=O)CC1)c1ccccc1. The number of rotatable bonds is 5. The zero-order valence-electron chi connectivity index (χ0n) is 18.7. The van der Waals surface area contributed by atoms with E-state index in [4.69, 9.17) is 4.74 Å². The minimum absolute atomic E-state index is 0.0837. The van der Waals surface area contributed by atoms with Crippen LogP contribution < -0.4 is 21.1 Å². The summed E-state index contributed by atoms with van der Waals surface area (Å²) in [4.78, 5) is 44.2. The molecule has 2 heterocycles. The molecule has 2 amide bonds. The Bertz CT molecular complexity index is 1200. The van der Waals surface area contributed by atoms with Gasteiger partial charge in [0.05, 0.1) is 18.1 Å². The highest BCUT2D eigenvalue weighted by molar-refractivity contribution is 5.84. The number of aromatic nitrogens is 2. The van der Waals surface area contributed by atoms with Gasteiger partial charge in [-0.25, -0.2) is 14.6 Å². The number of fused-ring (bicyclic) bond motifs is 1. The lowest BCUT2D eigenvalue weighted by Crippen LogP contribution is -2.50. The van der Waals surface area contributed by atoms with Gasteiger partial charge in [0, 0.05) is 26.2 Å². The number of anilines is 1. The molecule has 0 saturated carbocycles. The Hall–Kier alpha value is -3.88. The number of aryl methyl sites for hydroxylation is 1. The van der Waals surface area contributed by atoms with Crippen molar-refractivity contribution in [1.82, 2.24) is 20.2 Å². The van der Waals surface area contributed by atoms with E-state index >= 15 is 0 Å². The maximum Gasteiger partial charge on any atom is 0.333 e. The summed E-state index contributed by atoms with van der Waals surface area (Å²) in [5, 5.41) is 5.64. The number of para-hydroxylation sites is 2. The van der Waals surface area contributed by atoms with Crippen molar-refractivity contribution < 1.29 is 14.3 Å². The van der Waals surface area contributed by atoms with Crippen LogP contribution in [0.15, 0.2) is 59.4 Å². The second-order valence-electron chi connectivity index (χ2n) is 8.03. The lowest BCUT2D eigenvalue weighted by atomic mass is 10.0. The van der Waals surface area contributed by atoms with Crippen molar-refractivity contribution in [3.63, 3.8) is 0 Å². The smallest absolute Gasteiger partial charge is 0.333 e. The number of nitrogens with zero attached hydrogens (tertiary/aromatic N) is 3. The molecular weight excluding hydrogens is 422 g/mol. The number of methoxy groups -OCH3 is 1. The van der Waals surface area contributed by atoms with Crippen LogP contribution in [0.4, 0.5) is 10.6 Å². The molecule has 3 aromatic rings. The highest BCUT2D eigenvalue weighted by atomic mass is 16.5. The van der Waals surface area contributed by atoms with Crippen LogP contribution in [0, 0.1) is 0 Å². The summed E-state index contributed by atoms with van der Waals surface area (Å²) in [7, 11) is 3.04. The summed E-state index contributed by atoms with van der Waals surface area (Å²) in [6.45, 7) is 1.18. The van der Waals surface area contributed by atoms with Crippen molar-refractivity contribution >= 4 is 28.9 Å². The molecular formula is C24H27N5O4. The quantitative estimate of drug-likeness (QED) is 0.578. The molecule has 4 rings (SSSR count). The maximum atomic E-state index is 12.8. The Morgan fingerprint density at radius 3 is 2.42 bits per heavy atom. The molecule has 0 aliphatic carbocycles. The molecule has 2 N–H and O–H groups in total. The van der Waals surface area contributed by atoms with Crippen molar-refractivity contribution in [3.05, 3.63) is 70.5 Å². The summed E-state index contributed by atoms with van der Waals surface area (Å²) in [6, 6.07) is 15.1. The van der Waals surface area contributed by atoms with Crippen LogP contribution in [0.1, 0.15) is 24.4 Å². The molecule has 9 heteroatoms. The average molecular weight is 450 g/mol. The van der Waals surface area contributed by atoms with Crippen LogP contribution in [0.25, 0.3) is 11.0 Å². The normalized spacial score (nSPS) is 15.2. The molecule has 0 radical (unpaired) electrons. The fourth-order valence-electron chi connectivity index (χ4n) is 4.11. The first-order valence-corrected chi connectivity index (χ1v) is 10.9. The van der Waals surface area contributed by atoms with Crippen LogP contribution in [0.3, 0.4) is 0 Å². The molecule has 1 atom stereocenters. The van der Waals surface area contributed by atoms with Crippen LogP contribution >= 0.6 is 0 Å². The van der Waals surface area contributed by atoms with Crippen LogP contribution in [-0.2, 0) is 16.6 Å². The number of nitrogens with one attached hydrogen (secondary N) is 2. The molecule has 1 aliphatic rings. The summed E-state index contributed by atoms with van der Waals surface area (Å²) in [6.07, 6.45) is 1.30. The Morgan fingerprint density at radius 1 is 1.06 bits per heavy atom. The molecule has 172 valence electrons. The maximum absolute atomic E-state index is 12.8. The molecule has 0 unspecified atom stereocenters. The molecule has 1 saturated heterocycles. The van der Waals surface area contributed by atoms with E-state index in [0.717, 1.165) is 11.0 Å². The van der Waals surface area contributed by atoms with E-state index in [1.165, 1.54) is 7.11 Å². The average Bonchev–Trinajstić information content (AvgIpc) is 2.85. The van der Waals surface area contributed by atoms with Gasteiger partial charge in [-0.05, 0) is 30.5 Å². The number of ether oxygens (including phenoxy) is 1. The molecule has 0 spiro atoms. The van der Waals surface area contributed by atoms with Gasteiger partial charge in [0.25, 0.3) is 5.56 Å². The van der Waals surface area contributed by atoms with Crippen LogP contribution in [0.5, 0.6) is 0 Å². The van der Waals surface area contributed by atoms with E-state index < -0.39 is 18.0 Å². The third kappa shape index (κ3) is 4.82. The summed E-state index contributed by atoms with van der Waals surface area (Å²) >= 11 is 0. The predicted octanol–water partition coefficient (Wildman–Crippen LogP) is 2.12. The number of urea groups is 1. The zero-order valence-corrected chi connectivity index (χ0v) is 18.7. The Morgan fingerprint density at radius 2 is 1.73 bits per heavy atom. The highest BCUT2D eigenvalue weighted by Gasteiger charge is 2.27. The molecule has 1 aliphatic heterocycles. The topological polar surface area (TPSA) is 106 Å². The number of hydrogen-bond acceptors (Lipinski definition) is 6. The van der Waals surface area contributed by atoms with E-state index in [0.29, 0.717) is 37.3 Å². The molecule has 33 heavy (non-hydrogen) atoms. The van der Waals surface area contributed by atoms with Gasteiger partial charge in [-0.2, -0.15) is 0 Å². The first-order chi connectivity index (χ1) is 16.0. The fraction of sp³-hybridized carbons (Fsp3) is 0.333. The predicted molar refractivity (Wildman–Crippen MR) is 125 cm³/mol. The van der Waals surface area contributed by atoms with Crippen LogP contribution in [-0.4, -0.2) is 47.8 Å². The minimum Gasteiger partial charge on any atom is -0.467 e. The first-order valence-electron chi connectivity index (χ1n) is 10.9. The summed E-state index contributed by atoms with van der Waals surface area (Å²) in [5.74, 6) is -0.113. The number of benzene rings is 2. The van der Waals surface area contributed by atoms with Crippen molar-refractivity contribution in [2.45, 2.75) is 24.9 Å². The Balaban J connectivity index is 1.39. The van der Waals surface area contributed by atoms with E-state index in [1.54, 1.807) is 35.9 Å². The van der Waals surface area contributed by atoms with Gasteiger partial charge < -0.3 is 24.8 Å². The van der Waals surface area contributed by atoms with Gasteiger partial charge in [-0.3, -0.25) is 4.79 Å². The van der Waals surface area contributed by atoms with Gasteiger partial charge in [0.2, 0.25) is 0 Å². The lowest BCUT2D eigenvalue weighted by molar-refractivity contribution is -0.143. The van der Waals surface area contributed by atoms with Crippen molar-refractivity contribution in [1.29, 1.82) is 0 Å². The Kier molecular flexibility index (Phi) is 6.58. The molecule has 0 bridgehead atoms. The van der Waals surface area contributed by atoms with Gasteiger partial charge in [-0.1, -0.05) is 42.5 Å². The zero-order chi connectivity index (χ0) is 23.4. The summed E-state index contributed by atoms with van der Waals surface area (Å²) < 4.78 is 6.46. The molecule has 2 aromatic carbocycles. The number of piperidine rings is 1. The minimum atomic E-state index is -0.888. The highest BCUT2D eigenvalue weighted by Crippen LogP contribution is 2.19. The van der Waals surface area contributed by atoms with E-state index in [1.807, 2.05) is 35.2 Å². The Labute approximate surface area is 191 Å². The number of carbonyl (C=O) groups is 2. The van der Waals surface area contributed by atoms with Gasteiger partial charge in [0.15, 0.2) is 11.9 Å². The number of esters is 1. The summed E-state index contributed by atoms with van der Waals surface area (Å²) in [5.41, 5.74) is 2.07.